The third-order valence-electron chi connectivity index (χ3n) is 1.19. The van der Waals surface area contributed by atoms with Crippen LogP contribution in [-0.2, 0) is 0 Å². The Morgan fingerprint density at radius 2 is 1.25 bits per heavy atom. The molecule has 8 heavy (non-hydrogen) atoms. The van der Waals surface area contributed by atoms with Gasteiger partial charge in [0, 0.05) is 0 Å². The van der Waals surface area contributed by atoms with E-state index in [0.717, 1.165) is 0 Å². The third kappa shape index (κ3) is 2.72. The van der Waals surface area contributed by atoms with E-state index >= 15 is 0 Å². The minimum atomic E-state index is -0.199. The lowest BCUT2D eigenvalue weighted by Crippen LogP contribution is -2.01. The Bertz CT molecular complexity index is 53.5. The standard InChI is InChI=1S/C6H14BP/c1-5(2)8(7)6(3)4/h5-6H,1-4H3. The van der Waals surface area contributed by atoms with Crippen molar-refractivity contribution >= 4 is 15.4 Å². The normalized spacial score (nSPS) is 11.9. The molecule has 0 bridgehead atoms. The molecule has 0 saturated heterocycles. The van der Waals surface area contributed by atoms with Crippen LogP contribution in [0.15, 0.2) is 0 Å². The second-order valence-electron chi connectivity index (χ2n) is 2.63. The van der Waals surface area contributed by atoms with Gasteiger partial charge in [0.05, 0.1) is 0 Å². The van der Waals surface area contributed by atoms with Crippen LogP contribution in [0.1, 0.15) is 27.7 Å². The van der Waals surface area contributed by atoms with Gasteiger partial charge in [-0.2, -0.15) is 7.80 Å². The Labute approximate surface area is 55.2 Å². The second kappa shape index (κ2) is 3.51. The van der Waals surface area contributed by atoms with Crippen LogP contribution in [0.5, 0.6) is 0 Å². The van der Waals surface area contributed by atoms with Gasteiger partial charge < -0.3 is 0 Å². The molecular formula is C6H14BP. The van der Waals surface area contributed by atoms with Crippen LogP contribution >= 0.6 is 7.80 Å². The highest BCUT2D eigenvalue weighted by atomic mass is 31.1. The molecule has 0 fully saturated rings. The summed E-state index contributed by atoms with van der Waals surface area (Å²) < 4.78 is 0. The minimum Gasteiger partial charge on any atom is -0.152 e. The molecule has 2 heteroatoms. The summed E-state index contributed by atoms with van der Waals surface area (Å²) >= 11 is 0. The maximum Gasteiger partial charge on any atom is 0.109 e. The number of rotatable bonds is 2. The van der Waals surface area contributed by atoms with Crippen molar-refractivity contribution in [1.29, 1.82) is 0 Å². The summed E-state index contributed by atoms with van der Waals surface area (Å²) in [7, 11) is 5.63. The van der Waals surface area contributed by atoms with Gasteiger partial charge in [-0.1, -0.05) is 27.7 Å². The molecule has 0 heterocycles. The van der Waals surface area contributed by atoms with E-state index in [4.69, 9.17) is 7.57 Å². The summed E-state index contributed by atoms with van der Waals surface area (Å²) in [6.45, 7) is 8.74. The lowest BCUT2D eigenvalue weighted by molar-refractivity contribution is 1.03. The Hall–Kier alpha value is 0.495. The van der Waals surface area contributed by atoms with Gasteiger partial charge in [0.15, 0.2) is 0 Å². The summed E-state index contributed by atoms with van der Waals surface area (Å²) in [6.07, 6.45) is 0. The zero-order valence-electron chi connectivity index (χ0n) is 6.18. The molecule has 0 aliphatic rings. The van der Waals surface area contributed by atoms with Gasteiger partial charge in [0.1, 0.15) is 7.57 Å². The van der Waals surface area contributed by atoms with E-state index < -0.39 is 0 Å². The fourth-order valence-corrected chi connectivity index (χ4v) is 1.79. The van der Waals surface area contributed by atoms with Crippen molar-refractivity contribution in [2.24, 2.45) is 0 Å². The molecular weight excluding hydrogens is 114 g/mol. The average molecular weight is 128 g/mol. The zero-order chi connectivity index (χ0) is 6.73. The molecule has 0 atom stereocenters. The monoisotopic (exact) mass is 128 g/mol. The van der Waals surface area contributed by atoms with Gasteiger partial charge in [-0.25, -0.2) is 0 Å². The van der Waals surface area contributed by atoms with Gasteiger partial charge >= 0.3 is 0 Å². The quantitative estimate of drug-likeness (QED) is 0.395. The van der Waals surface area contributed by atoms with Crippen molar-refractivity contribution in [3.05, 3.63) is 0 Å². The van der Waals surface area contributed by atoms with E-state index in [2.05, 4.69) is 27.7 Å². The first-order chi connectivity index (χ1) is 3.55. The lowest BCUT2D eigenvalue weighted by Gasteiger charge is -2.20. The summed E-state index contributed by atoms with van der Waals surface area (Å²) in [5, 5.41) is 0. The van der Waals surface area contributed by atoms with Crippen LogP contribution in [0.2, 0.25) is 0 Å². The summed E-state index contributed by atoms with van der Waals surface area (Å²) in [6, 6.07) is 0. The highest BCUT2D eigenvalue weighted by molar-refractivity contribution is 7.83. The Kier molecular flexibility index (Phi) is 3.72. The molecule has 46 valence electrons. The third-order valence-corrected chi connectivity index (χ3v) is 3.58. The molecule has 0 aliphatic heterocycles. The van der Waals surface area contributed by atoms with E-state index in [-0.39, 0.29) is 7.80 Å². The Balaban J connectivity index is 3.46. The van der Waals surface area contributed by atoms with Crippen molar-refractivity contribution < 1.29 is 0 Å². The molecule has 0 saturated carbocycles. The smallest absolute Gasteiger partial charge is 0.109 e. The molecule has 0 spiro atoms. The molecule has 0 nitrogen and oxygen atoms in total. The number of hydrogen-bond acceptors (Lipinski definition) is 0. The maximum atomic E-state index is 5.82. The first-order valence-electron chi connectivity index (χ1n) is 3.08. The highest BCUT2D eigenvalue weighted by Crippen LogP contribution is 2.40. The largest absolute Gasteiger partial charge is 0.152 e. The van der Waals surface area contributed by atoms with Crippen LogP contribution in [0.4, 0.5) is 0 Å². The number of hydrogen-bond donors (Lipinski definition) is 0. The Morgan fingerprint density at radius 1 is 1.00 bits per heavy atom. The van der Waals surface area contributed by atoms with Crippen molar-refractivity contribution in [1.82, 2.24) is 0 Å². The predicted molar refractivity (Wildman–Crippen MR) is 42.9 cm³/mol. The molecule has 0 aromatic heterocycles. The van der Waals surface area contributed by atoms with Crippen molar-refractivity contribution in [2.75, 3.05) is 0 Å². The summed E-state index contributed by atoms with van der Waals surface area (Å²) in [4.78, 5) is 0. The van der Waals surface area contributed by atoms with Crippen LogP contribution in [0, 0.1) is 0 Å². The van der Waals surface area contributed by atoms with Crippen molar-refractivity contribution in [3.63, 3.8) is 0 Å². The van der Waals surface area contributed by atoms with E-state index in [0.29, 0.717) is 11.3 Å². The molecule has 0 rings (SSSR count). The minimum absolute atomic E-state index is 0.199. The SMILES string of the molecule is [B]P(C(C)C)C(C)C. The van der Waals surface area contributed by atoms with E-state index in [9.17, 15) is 0 Å². The molecule has 0 unspecified atom stereocenters. The van der Waals surface area contributed by atoms with Crippen LogP contribution in [0.3, 0.4) is 0 Å². The van der Waals surface area contributed by atoms with Crippen molar-refractivity contribution in [3.8, 4) is 0 Å². The first kappa shape index (κ1) is 8.49. The topological polar surface area (TPSA) is 0 Å². The van der Waals surface area contributed by atoms with Gasteiger partial charge in [0.25, 0.3) is 0 Å². The van der Waals surface area contributed by atoms with Crippen LogP contribution in [0.25, 0.3) is 0 Å². The average Bonchev–Trinajstić information content (AvgIpc) is 1.64. The fraction of sp³-hybridized carbons (Fsp3) is 1.00. The zero-order valence-corrected chi connectivity index (χ0v) is 7.07. The van der Waals surface area contributed by atoms with Gasteiger partial charge in [-0.3, -0.25) is 0 Å². The van der Waals surface area contributed by atoms with Crippen LogP contribution in [-0.4, -0.2) is 18.9 Å². The molecule has 0 aliphatic carbocycles. The van der Waals surface area contributed by atoms with E-state index in [1.807, 2.05) is 0 Å². The molecule has 0 amide bonds. The fourth-order valence-electron chi connectivity index (χ4n) is 0.596. The van der Waals surface area contributed by atoms with Gasteiger partial charge in [0.2, 0.25) is 0 Å². The second-order valence-corrected chi connectivity index (χ2v) is 5.59. The molecule has 2 radical (unpaired) electrons. The summed E-state index contributed by atoms with van der Waals surface area (Å²) in [5.74, 6) is 0. The van der Waals surface area contributed by atoms with Gasteiger partial charge in [-0.05, 0) is 11.3 Å². The lowest BCUT2D eigenvalue weighted by atomic mass is 10.5. The Morgan fingerprint density at radius 3 is 1.25 bits per heavy atom. The molecule has 0 aromatic carbocycles. The summed E-state index contributed by atoms with van der Waals surface area (Å²) in [5.41, 5.74) is 1.37. The highest BCUT2D eigenvalue weighted by Gasteiger charge is 2.07. The first-order valence-corrected chi connectivity index (χ1v) is 4.63. The molecule has 0 aromatic rings. The van der Waals surface area contributed by atoms with E-state index in [1.54, 1.807) is 0 Å². The van der Waals surface area contributed by atoms with Crippen LogP contribution < -0.4 is 0 Å². The van der Waals surface area contributed by atoms with Gasteiger partial charge in [-0.15, -0.1) is 0 Å². The van der Waals surface area contributed by atoms with E-state index in [1.165, 1.54) is 0 Å². The van der Waals surface area contributed by atoms with Crippen molar-refractivity contribution in [2.45, 2.75) is 39.0 Å². The maximum absolute atomic E-state index is 5.82. The predicted octanol–water partition coefficient (Wildman–Crippen LogP) is 2.37. The molecule has 0 N–H and O–H groups in total.